The quantitative estimate of drug-likeness (QED) is 0.572. The first-order chi connectivity index (χ1) is 8.68. The van der Waals surface area contributed by atoms with Crippen molar-refractivity contribution < 1.29 is 4.79 Å². The van der Waals surface area contributed by atoms with Gasteiger partial charge in [-0.25, -0.2) is 0 Å². The summed E-state index contributed by atoms with van der Waals surface area (Å²) >= 11 is 0. The molecule has 0 aliphatic heterocycles. The second-order valence-electron chi connectivity index (χ2n) is 5.52. The molecule has 1 nitrogen and oxygen atoms in total. The van der Waals surface area contributed by atoms with E-state index in [0.29, 0.717) is 11.7 Å². The van der Waals surface area contributed by atoms with Crippen LogP contribution in [0, 0.1) is 5.92 Å². The lowest BCUT2D eigenvalue weighted by atomic mass is 10.0. The molecular weight excluding hydrogens is 220 g/mol. The molecule has 0 N–H and O–H groups in total. The van der Waals surface area contributed by atoms with Crippen molar-refractivity contribution >= 4 is 5.78 Å². The highest BCUT2D eigenvalue weighted by Crippen LogP contribution is 2.10. The molecule has 1 heteroatoms. The summed E-state index contributed by atoms with van der Waals surface area (Å²) in [6.07, 6.45) is 7.16. The lowest BCUT2D eigenvalue weighted by molar-refractivity contribution is -0.119. The van der Waals surface area contributed by atoms with E-state index >= 15 is 0 Å². The largest absolute Gasteiger partial charge is 0.300 e. The molecule has 0 spiro atoms. The summed E-state index contributed by atoms with van der Waals surface area (Å²) in [6.45, 7) is 4.35. The van der Waals surface area contributed by atoms with E-state index in [1.807, 2.05) is 0 Å². The molecule has 0 unspecified atom stereocenters. The Bertz CT molecular complexity index is 327. The number of ketones is 1. The van der Waals surface area contributed by atoms with Crippen LogP contribution in [0.2, 0.25) is 0 Å². The van der Waals surface area contributed by atoms with Gasteiger partial charge in [0.15, 0.2) is 0 Å². The molecule has 0 bridgehead atoms. The SMILES string of the molecule is CC(C)CCC(=O)CCCCCc1ccccc1. The summed E-state index contributed by atoms with van der Waals surface area (Å²) in [5.41, 5.74) is 1.41. The average Bonchev–Trinajstić information content (AvgIpc) is 2.37. The van der Waals surface area contributed by atoms with Crippen molar-refractivity contribution in [3.63, 3.8) is 0 Å². The Kier molecular flexibility index (Phi) is 7.40. The highest BCUT2D eigenvalue weighted by Gasteiger charge is 2.03. The van der Waals surface area contributed by atoms with Gasteiger partial charge >= 0.3 is 0 Å². The van der Waals surface area contributed by atoms with Crippen molar-refractivity contribution in [2.75, 3.05) is 0 Å². The predicted molar refractivity (Wildman–Crippen MR) is 77.7 cm³/mol. The predicted octanol–water partition coefficient (Wildman–Crippen LogP) is 4.79. The van der Waals surface area contributed by atoms with Gasteiger partial charge in [0, 0.05) is 12.8 Å². The van der Waals surface area contributed by atoms with Crippen molar-refractivity contribution in [1.29, 1.82) is 0 Å². The maximum atomic E-state index is 11.6. The van der Waals surface area contributed by atoms with Gasteiger partial charge in [0.2, 0.25) is 0 Å². The maximum absolute atomic E-state index is 11.6. The van der Waals surface area contributed by atoms with E-state index in [0.717, 1.165) is 32.1 Å². The molecule has 0 fully saturated rings. The van der Waals surface area contributed by atoms with Crippen LogP contribution < -0.4 is 0 Å². The van der Waals surface area contributed by atoms with Gasteiger partial charge in [-0.3, -0.25) is 4.79 Å². The number of rotatable bonds is 9. The van der Waals surface area contributed by atoms with E-state index in [1.165, 1.54) is 18.4 Å². The third kappa shape index (κ3) is 7.26. The van der Waals surface area contributed by atoms with Crippen LogP contribution in [0.25, 0.3) is 0 Å². The Hall–Kier alpha value is -1.11. The van der Waals surface area contributed by atoms with Crippen molar-refractivity contribution in [1.82, 2.24) is 0 Å². The van der Waals surface area contributed by atoms with Crippen LogP contribution in [-0.4, -0.2) is 5.78 Å². The van der Waals surface area contributed by atoms with Crippen molar-refractivity contribution in [2.24, 2.45) is 5.92 Å². The molecular formula is C17H26O. The number of carbonyl (C=O) groups excluding carboxylic acids is 1. The molecule has 0 aromatic heterocycles. The fourth-order valence-corrected chi connectivity index (χ4v) is 2.05. The van der Waals surface area contributed by atoms with Gasteiger partial charge in [-0.2, -0.15) is 0 Å². The molecule has 0 aliphatic carbocycles. The fraction of sp³-hybridized carbons (Fsp3) is 0.588. The summed E-state index contributed by atoms with van der Waals surface area (Å²) in [7, 11) is 0. The zero-order chi connectivity index (χ0) is 13.2. The van der Waals surface area contributed by atoms with E-state index in [1.54, 1.807) is 0 Å². The molecule has 0 atom stereocenters. The van der Waals surface area contributed by atoms with Gasteiger partial charge in [-0.15, -0.1) is 0 Å². The van der Waals surface area contributed by atoms with Gasteiger partial charge in [0.1, 0.15) is 5.78 Å². The first-order valence-corrected chi connectivity index (χ1v) is 7.24. The minimum atomic E-state index is 0.448. The molecule has 100 valence electrons. The molecule has 0 heterocycles. The second kappa shape index (κ2) is 8.91. The lowest BCUT2D eigenvalue weighted by Gasteiger charge is -2.04. The summed E-state index contributed by atoms with van der Waals surface area (Å²) < 4.78 is 0. The molecule has 1 aromatic carbocycles. The third-order valence-corrected chi connectivity index (χ3v) is 3.26. The number of carbonyl (C=O) groups is 1. The number of Topliss-reactive ketones (excluding diaryl/α,β-unsaturated/α-hetero) is 1. The Morgan fingerprint density at radius 3 is 2.39 bits per heavy atom. The van der Waals surface area contributed by atoms with E-state index < -0.39 is 0 Å². The van der Waals surface area contributed by atoms with Crippen molar-refractivity contribution in [3.8, 4) is 0 Å². The Morgan fingerprint density at radius 1 is 1.00 bits per heavy atom. The van der Waals surface area contributed by atoms with E-state index in [9.17, 15) is 4.79 Å². The number of unbranched alkanes of at least 4 members (excludes halogenated alkanes) is 2. The average molecular weight is 246 g/mol. The van der Waals surface area contributed by atoms with Crippen LogP contribution in [0.4, 0.5) is 0 Å². The van der Waals surface area contributed by atoms with Crippen LogP contribution in [0.15, 0.2) is 30.3 Å². The Morgan fingerprint density at radius 2 is 1.72 bits per heavy atom. The van der Waals surface area contributed by atoms with Crippen LogP contribution in [0.3, 0.4) is 0 Å². The number of hydrogen-bond donors (Lipinski definition) is 0. The first-order valence-electron chi connectivity index (χ1n) is 7.24. The molecule has 0 amide bonds. The van der Waals surface area contributed by atoms with Gasteiger partial charge in [0.05, 0.1) is 0 Å². The van der Waals surface area contributed by atoms with Crippen LogP contribution in [0.5, 0.6) is 0 Å². The van der Waals surface area contributed by atoms with Crippen LogP contribution in [0.1, 0.15) is 57.9 Å². The topological polar surface area (TPSA) is 17.1 Å². The molecule has 1 rings (SSSR count). The zero-order valence-electron chi connectivity index (χ0n) is 11.8. The van der Waals surface area contributed by atoms with Crippen molar-refractivity contribution in [2.45, 2.75) is 58.8 Å². The van der Waals surface area contributed by atoms with Gasteiger partial charge < -0.3 is 0 Å². The van der Waals surface area contributed by atoms with Gasteiger partial charge in [0.25, 0.3) is 0 Å². The number of aryl methyl sites for hydroxylation is 1. The molecule has 18 heavy (non-hydrogen) atoms. The molecule has 0 saturated carbocycles. The summed E-state index contributed by atoms with van der Waals surface area (Å²) in [5.74, 6) is 1.09. The number of hydrogen-bond acceptors (Lipinski definition) is 1. The van der Waals surface area contributed by atoms with Gasteiger partial charge in [-0.1, -0.05) is 50.6 Å². The highest BCUT2D eigenvalue weighted by atomic mass is 16.1. The summed E-state index contributed by atoms with van der Waals surface area (Å²) in [5, 5.41) is 0. The van der Waals surface area contributed by atoms with E-state index in [-0.39, 0.29) is 0 Å². The monoisotopic (exact) mass is 246 g/mol. The minimum Gasteiger partial charge on any atom is -0.300 e. The van der Waals surface area contributed by atoms with E-state index in [2.05, 4.69) is 44.2 Å². The lowest BCUT2D eigenvalue weighted by Crippen LogP contribution is -2.00. The van der Waals surface area contributed by atoms with Gasteiger partial charge in [-0.05, 0) is 37.2 Å². The third-order valence-electron chi connectivity index (χ3n) is 3.26. The van der Waals surface area contributed by atoms with Crippen LogP contribution >= 0.6 is 0 Å². The highest BCUT2D eigenvalue weighted by molar-refractivity contribution is 5.78. The first kappa shape index (κ1) is 14.9. The maximum Gasteiger partial charge on any atom is 0.132 e. The van der Waals surface area contributed by atoms with Crippen molar-refractivity contribution in [3.05, 3.63) is 35.9 Å². The molecule has 1 aromatic rings. The standard InChI is InChI=1S/C17H26O/c1-15(2)13-14-17(18)12-8-4-7-11-16-9-5-3-6-10-16/h3,5-6,9-10,15H,4,7-8,11-14H2,1-2H3. The molecule has 0 aliphatic rings. The number of benzene rings is 1. The molecule has 0 saturated heterocycles. The molecule has 0 radical (unpaired) electrons. The summed E-state index contributed by atoms with van der Waals surface area (Å²) in [4.78, 5) is 11.6. The Labute approximate surface area is 112 Å². The minimum absolute atomic E-state index is 0.448. The summed E-state index contributed by atoms with van der Waals surface area (Å²) in [6, 6.07) is 10.6. The smallest absolute Gasteiger partial charge is 0.132 e. The van der Waals surface area contributed by atoms with Crippen LogP contribution in [-0.2, 0) is 11.2 Å². The normalized spacial score (nSPS) is 10.8. The fourth-order valence-electron chi connectivity index (χ4n) is 2.05. The Balaban J connectivity index is 2.00. The zero-order valence-corrected chi connectivity index (χ0v) is 11.8. The van der Waals surface area contributed by atoms with E-state index in [4.69, 9.17) is 0 Å². The second-order valence-corrected chi connectivity index (χ2v) is 5.52.